The number of carbonyl (C=O) groups is 2. The molecule has 8 nitrogen and oxygen atoms in total. The Kier molecular flexibility index (Phi) is 6.64. The van der Waals surface area contributed by atoms with E-state index in [1.54, 1.807) is 4.90 Å². The Labute approximate surface area is 202 Å². The summed E-state index contributed by atoms with van der Waals surface area (Å²) in [5, 5.41) is 3.24. The second kappa shape index (κ2) is 9.21. The summed E-state index contributed by atoms with van der Waals surface area (Å²) in [7, 11) is 0. The highest BCUT2D eigenvalue weighted by Gasteiger charge is 2.39. The van der Waals surface area contributed by atoms with E-state index < -0.39 is 17.2 Å². The summed E-state index contributed by atoms with van der Waals surface area (Å²) in [4.78, 5) is 35.0. The third kappa shape index (κ3) is 5.22. The van der Waals surface area contributed by atoms with Gasteiger partial charge in [0.1, 0.15) is 17.5 Å². The zero-order valence-electron chi connectivity index (χ0n) is 21.4. The van der Waals surface area contributed by atoms with Crippen molar-refractivity contribution in [2.75, 3.05) is 26.2 Å². The van der Waals surface area contributed by atoms with Gasteiger partial charge in [0.05, 0.1) is 17.3 Å². The summed E-state index contributed by atoms with van der Waals surface area (Å²) in [6.45, 7) is 14.1. The Bertz CT molecular complexity index is 1050. The fraction of sp³-hybridized carbons (Fsp3) is 0.654. The molecule has 1 aliphatic heterocycles. The molecule has 2 aromatic heterocycles. The van der Waals surface area contributed by atoms with Crippen LogP contribution in [-0.4, -0.2) is 69.0 Å². The van der Waals surface area contributed by atoms with Gasteiger partial charge >= 0.3 is 6.09 Å². The van der Waals surface area contributed by atoms with E-state index in [0.29, 0.717) is 25.6 Å². The van der Waals surface area contributed by atoms with Crippen LogP contribution in [0, 0.1) is 12.8 Å². The summed E-state index contributed by atoms with van der Waals surface area (Å²) >= 11 is 0. The van der Waals surface area contributed by atoms with Crippen LogP contribution in [0.15, 0.2) is 24.5 Å². The number of aromatic nitrogens is 2. The van der Waals surface area contributed by atoms with Crippen LogP contribution in [0.3, 0.4) is 0 Å². The SMILES string of the molecule is Cc1cccn2c(C(C)(C)NC(=O)[C@@H]3CN(C(=O)OC(C)(C)C)CCN3CC3CCC3)ncc12. The van der Waals surface area contributed by atoms with Crippen molar-refractivity contribution >= 4 is 17.5 Å². The van der Waals surface area contributed by atoms with Crippen molar-refractivity contribution in [2.24, 2.45) is 5.92 Å². The molecule has 1 saturated carbocycles. The average Bonchev–Trinajstić information content (AvgIpc) is 3.15. The summed E-state index contributed by atoms with van der Waals surface area (Å²) in [5.41, 5.74) is 0.906. The van der Waals surface area contributed by atoms with E-state index >= 15 is 0 Å². The normalized spacial score (nSPS) is 20.3. The molecule has 8 heteroatoms. The van der Waals surface area contributed by atoms with Gasteiger partial charge in [0.2, 0.25) is 5.91 Å². The number of ether oxygens (including phenoxy) is 1. The summed E-state index contributed by atoms with van der Waals surface area (Å²) in [6, 6.07) is 3.62. The van der Waals surface area contributed by atoms with Gasteiger partial charge in [-0.1, -0.05) is 12.5 Å². The van der Waals surface area contributed by atoms with Gasteiger partial charge in [0, 0.05) is 32.4 Å². The monoisotopic (exact) mass is 469 g/mol. The molecule has 2 aromatic rings. The van der Waals surface area contributed by atoms with E-state index in [4.69, 9.17) is 4.74 Å². The number of fused-ring (bicyclic) bond motifs is 1. The molecule has 0 unspecified atom stereocenters. The smallest absolute Gasteiger partial charge is 0.410 e. The topological polar surface area (TPSA) is 79.2 Å². The minimum absolute atomic E-state index is 0.0815. The molecule has 2 aliphatic rings. The molecule has 3 heterocycles. The average molecular weight is 470 g/mol. The second-order valence-corrected chi connectivity index (χ2v) is 11.4. The van der Waals surface area contributed by atoms with Crippen molar-refractivity contribution in [3.8, 4) is 0 Å². The molecular weight excluding hydrogens is 430 g/mol. The maximum absolute atomic E-state index is 13.7. The molecule has 1 aliphatic carbocycles. The third-order valence-electron chi connectivity index (χ3n) is 6.94. The van der Waals surface area contributed by atoms with Crippen LogP contribution in [0.1, 0.15) is 65.3 Å². The Hall–Kier alpha value is -2.61. The molecule has 4 rings (SSSR count). The van der Waals surface area contributed by atoms with Crippen LogP contribution in [-0.2, 0) is 15.1 Å². The van der Waals surface area contributed by atoms with Gasteiger partial charge in [-0.25, -0.2) is 9.78 Å². The summed E-state index contributed by atoms with van der Waals surface area (Å²) in [5.74, 6) is 1.34. The van der Waals surface area contributed by atoms with Crippen LogP contribution in [0.4, 0.5) is 4.79 Å². The minimum atomic E-state index is -0.687. The molecule has 1 saturated heterocycles. The van der Waals surface area contributed by atoms with E-state index in [-0.39, 0.29) is 12.0 Å². The molecule has 2 fully saturated rings. The molecule has 0 aromatic carbocycles. The first-order chi connectivity index (χ1) is 15.9. The number of hydrogen-bond donors (Lipinski definition) is 1. The number of carbonyl (C=O) groups excluding carboxylic acids is 2. The van der Waals surface area contributed by atoms with Gasteiger partial charge in [0.25, 0.3) is 0 Å². The van der Waals surface area contributed by atoms with Crippen LogP contribution in [0.5, 0.6) is 0 Å². The first-order valence-corrected chi connectivity index (χ1v) is 12.4. The van der Waals surface area contributed by atoms with Crippen molar-refractivity contribution in [1.29, 1.82) is 0 Å². The predicted octanol–water partition coefficient (Wildman–Crippen LogP) is 3.72. The van der Waals surface area contributed by atoms with E-state index in [1.165, 1.54) is 19.3 Å². The number of aryl methyl sites for hydroxylation is 1. The number of amides is 2. The van der Waals surface area contributed by atoms with E-state index in [1.807, 2.05) is 57.5 Å². The summed E-state index contributed by atoms with van der Waals surface area (Å²) in [6.07, 6.45) is 7.16. The van der Waals surface area contributed by atoms with E-state index in [2.05, 4.69) is 28.2 Å². The Morgan fingerprint density at radius 2 is 1.91 bits per heavy atom. The van der Waals surface area contributed by atoms with Crippen LogP contribution < -0.4 is 5.32 Å². The van der Waals surface area contributed by atoms with E-state index in [9.17, 15) is 9.59 Å². The zero-order valence-corrected chi connectivity index (χ0v) is 21.4. The number of rotatable bonds is 5. The number of nitrogens with zero attached hydrogens (tertiary/aromatic N) is 4. The van der Waals surface area contributed by atoms with Crippen molar-refractivity contribution in [1.82, 2.24) is 24.5 Å². The highest BCUT2D eigenvalue weighted by Crippen LogP contribution is 2.29. The first kappa shape index (κ1) is 24.5. The molecule has 2 amide bonds. The molecule has 34 heavy (non-hydrogen) atoms. The lowest BCUT2D eigenvalue weighted by molar-refractivity contribution is -0.131. The van der Waals surface area contributed by atoms with Crippen LogP contribution >= 0.6 is 0 Å². The fourth-order valence-corrected chi connectivity index (χ4v) is 4.86. The first-order valence-electron chi connectivity index (χ1n) is 12.4. The lowest BCUT2D eigenvalue weighted by atomic mass is 9.84. The Morgan fingerprint density at radius 1 is 1.18 bits per heavy atom. The zero-order chi connectivity index (χ0) is 24.7. The quantitative estimate of drug-likeness (QED) is 0.722. The number of hydrogen-bond acceptors (Lipinski definition) is 5. The molecular formula is C26H39N5O3. The van der Waals surface area contributed by atoms with Crippen LogP contribution in [0.25, 0.3) is 5.52 Å². The van der Waals surface area contributed by atoms with Gasteiger partial charge in [-0.05, 0) is 71.9 Å². The second-order valence-electron chi connectivity index (χ2n) is 11.4. The van der Waals surface area contributed by atoms with E-state index in [0.717, 1.165) is 23.4 Å². The minimum Gasteiger partial charge on any atom is -0.444 e. The van der Waals surface area contributed by atoms with Crippen molar-refractivity contribution in [2.45, 2.75) is 78.0 Å². The molecule has 1 N–H and O–H groups in total. The lowest BCUT2D eigenvalue weighted by Crippen LogP contribution is -2.63. The van der Waals surface area contributed by atoms with Gasteiger partial charge in [-0.2, -0.15) is 0 Å². The lowest BCUT2D eigenvalue weighted by Gasteiger charge is -2.44. The standard InChI is InChI=1S/C26H39N5O3/c1-18-9-8-12-31-20(18)15-27-23(31)26(5,6)28-22(32)21-17-30(24(33)34-25(2,3)4)14-13-29(21)16-19-10-7-11-19/h8-9,12,15,19,21H,7,10-11,13-14,16-17H2,1-6H3,(H,28,32)/t21-/m0/s1. The number of pyridine rings is 1. The molecule has 186 valence electrons. The number of imidazole rings is 1. The van der Waals surface area contributed by atoms with Crippen molar-refractivity contribution < 1.29 is 14.3 Å². The predicted molar refractivity (Wildman–Crippen MR) is 132 cm³/mol. The summed E-state index contributed by atoms with van der Waals surface area (Å²) < 4.78 is 7.63. The van der Waals surface area contributed by atoms with Crippen molar-refractivity contribution in [3.63, 3.8) is 0 Å². The fourth-order valence-electron chi connectivity index (χ4n) is 4.86. The molecule has 0 radical (unpaired) electrons. The highest BCUT2D eigenvalue weighted by molar-refractivity contribution is 5.84. The van der Waals surface area contributed by atoms with Gasteiger partial charge in [-0.3, -0.25) is 9.69 Å². The maximum atomic E-state index is 13.7. The van der Waals surface area contributed by atoms with Gasteiger partial charge in [-0.15, -0.1) is 0 Å². The highest BCUT2D eigenvalue weighted by atomic mass is 16.6. The van der Waals surface area contributed by atoms with Gasteiger partial charge in [0.15, 0.2) is 0 Å². The molecule has 0 bridgehead atoms. The molecule has 1 atom stereocenters. The maximum Gasteiger partial charge on any atom is 0.410 e. The Balaban J connectivity index is 1.53. The van der Waals surface area contributed by atoms with Crippen LogP contribution in [0.2, 0.25) is 0 Å². The van der Waals surface area contributed by atoms with Crippen molar-refractivity contribution in [3.05, 3.63) is 35.9 Å². The Morgan fingerprint density at radius 3 is 2.56 bits per heavy atom. The van der Waals surface area contributed by atoms with Gasteiger partial charge < -0.3 is 19.4 Å². The number of nitrogens with one attached hydrogen (secondary N) is 1. The molecule has 0 spiro atoms. The third-order valence-corrected chi connectivity index (χ3v) is 6.94. The number of piperazine rings is 1. The largest absolute Gasteiger partial charge is 0.444 e.